The molecule has 2 nitrogen and oxygen atoms in total. The summed E-state index contributed by atoms with van der Waals surface area (Å²) in [5.41, 5.74) is 8.44. The number of benzene rings is 2. The molecule has 0 aliphatic heterocycles. The zero-order valence-corrected chi connectivity index (χ0v) is 12.2. The highest BCUT2D eigenvalue weighted by Crippen LogP contribution is 2.24. The average Bonchev–Trinajstić information content (AvgIpc) is 2.39. The molecule has 0 amide bonds. The number of hydrogen-bond donors (Lipinski definition) is 2. The molecule has 0 aromatic heterocycles. The number of hydrogen-bond acceptors (Lipinski definition) is 2. The highest BCUT2D eigenvalue weighted by molar-refractivity contribution is 9.10. The van der Waals surface area contributed by atoms with Gasteiger partial charge in [0, 0.05) is 22.3 Å². The molecule has 0 radical (unpaired) electrons. The molecule has 19 heavy (non-hydrogen) atoms. The number of nitrogens with one attached hydrogen (secondary N) is 1. The molecule has 0 saturated carbocycles. The number of aryl methyl sites for hydroxylation is 1. The highest BCUT2D eigenvalue weighted by Gasteiger charge is 2.14. The monoisotopic (exact) mass is 322 g/mol. The minimum atomic E-state index is -0.260. The van der Waals surface area contributed by atoms with Crippen LogP contribution in [-0.4, -0.2) is 6.54 Å². The van der Waals surface area contributed by atoms with Crippen molar-refractivity contribution in [2.24, 2.45) is 5.73 Å². The minimum Gasteiger partial charge on any atom is -0.377 e. The molecule has 4 heteroatoms. The minimum absolute atomic E-state index is 0.240. The Morgan fingerprint density at radius 3 is 2.47 bits per heavy atom. The van der Waals surface area contributed by atoms with Gasteiger partial charge in [0.1, 0.15) is 5.82 Å². The lowest BCUT2D eigenvalue weighted by molar-refractivity contribution is 0.592. The third kappa shape index (κ3) is 3.55. The summed E-state index contributed by atoms with van der Waals surface area (Å²) in [5.74, 6) is -0.260. The quantitative estimate of drug-likeness (QED) is 0.892. The van der Waals surface area contributed by atoms with Crippen molar-refractivity contribution in [2.45, 2.75) is 13.0 Å². The first-order valence-electron chi connectivity index (χ1n) is 6.08. The molecule has 0 saturated heterocycles. The molecule has 0 fully saturated rings. The summed E-state index contributed by atoms with van der Waals surface area (Å²) in [6.07, 6.45) is 0. The van der Waals surface area contributed by atoms with E-state index < -0.39 is 0 Å². The van der Waals surface area contributed by atoms with Gasteiger partial charge in [-0.05, 0) is 31.2 Å². The van der Waals surface area contributed by atoms with Crippen molar-refractivity contribution in [1.82, 2.24) is 0 Å². The Balaban J connectivity index is 2.22. The molecule has 1 atom stereocenters. The molecule has 2 aromatic rings. The maximum atomic E-state index is 13.9. The SMILES string of the molecule is Cc1ccc(NC(CN)c2ccc(Br)cc2F)cc1. The third-order valence-corrected chi connectivity index (χ3v) is 3.46. The first-order valence-corrected chi connectivity index (χ1v) is 6.87. The van der Waals surface area contributed by atoms with E-state index >= 15 is 0 Å². The Bertz CT molecular complexity index is 555. The molecule has 0 aliphatic carbocycles. The Kier molecular flexibility index (Phi) is 4.56. The predicted molar refractivity (Wildman–Crippen MR) is 80.7 cm³/mol. The third-order valence-electron chi connectivity index (χ3n) is 2.97. The molecule has 1 unspecified atom stereocenters. The Morgan fingerprint density at radius 1 is 1.21 bits per heavy atom. The van der Waals surface area contributed by atoms with Crippen molar-refractivity contribution >= 4 is 21.6 Å². The lowest BCUT2D eigenvalue weighted by Gasteiger charge is -2.19. The van der Waals surface area contributed by atoms with Crippen LogP contribution in [0.2, 0.25) is 0 Å². The zero-order valence-electron chi connectivity index (χ0n) is 10.7. The van der Waals surface area contributed by atoms with Gasteiger partial charge in [0.2, 0.25) is 0 Å². The largest absolute Gasteiger partial charge is 0.377 e. The van der Waals surface area contributed by atoms with Crippen molar-refractivity contribution in [3.05, 3.63) is 63.9 Å². The lowest BCUT2D eigenvalue weighted by atomic mass is 10.1. The predicted octanol–water partition coefficient (Wildman–Crippen LogP) is 4.01. The molecule has 2 aromatic carbocycles. The van der Waals surface area contributed by atoms with Crippen LogP contribution in [0.25, 0.3) is 0 Å². The fraction of sp³-hybridized carbons (Fsp3) is 0.200. The molecule has 0 spiro atoms. The highest BCUT2D eigenvalue weighted by atomic mass is 79.9. The van der Waals surface area contributed by atoms with Crippen LogP contribution in [0.4, 0.5) is 10.1 Å². The van der Waals surface area contributed by atoms with Crippen molar-refractivity contribution in [3.8, 4) is 0 Å². The summed E-state index contributed by atoms with van der Waals surface area (Å²) < 4.78 is 14.7. The molecular formula is C15H16BrFN2. The van der Waals surface area contributed by atoms with E-state index in [0.717, 1.165) is 10.2 Å². The van der Waals surface area contributed by atoms with Crippen LogP contribution in [0.1, 0.15) is 17.2 Å². The molecule has 0 aliphatic rings. The summed E-state index contributed by atoms with van der Waals surface area (Å²) in [5, 5.41) is 3.25. The second-order valence-electron chi connectivity index (χ2n) is 4.46. The Hall–Kier alpha value is -1.39. The molecule has 3 N–H and O–H groups in total. The van der Waals surface area contributed by atoms with Crippen LogP contribution in [0.3, 0.4) is 0 Å². The van der Waals surface area contributed by atoms with Gasteiger partial charge in [0.25, 0.3) is 0 Å². The Labute approximate surface area is 121 Å². The second-order valence-corrected chi connectivity index (χ2v) is 5.38. The van der Waals surface area contributed by atoms with Gasteiger partial charge in [-0.25, -0.2) is 4.39 Å². The normalized spacial score (nSPS) is 12.2. The van der Waals surface area contributed by atoms with E-state index in [-0.39, 0.29) is 11.9 Å². The van der Waals surface area contributed by atoms with Gasteiger partial charge in [0.05, 0.1) is 6.04 Å². The first-order chi connectivity index (χ1) is 9.10. The van der Waals surface area contributed by atoms with E-state index in [0.29, 0.717) is 12.1 Å². The fourth-order valence-corrected chi connectivity index (χ4v) is 2.23. The van der Waals surface area contributed by atoms with Gasteiger partial charge < -0.3 is 11.1 Å². The van der Waals surface area contributed by atoms with Gasteiger partial charge >= 0.3 is 0 Å². The summed E-state index contributed by atoms with van der Waals surface area (Å²) in [6, 6.07) is 12.7. The molecule has 0 bridgehead atoms. The maximum absolute atomic E-state index is 13.9. The average molecular weight is 323 g/mol. The van der Waals surface area contributed by atoms with Gasteiger partial charge in [-0.1, -0.05) is 39.7 Å². The van der Waals surface area contributed by atoms with Crippen LogP contribution in [0.15, 0.2) is 46.9 Å². The van der Waals surface area contributed by atoms with Crippen LogP contribution < -0.4 is 11.1 Å². The summed E-state index contributed by atoms with van der Waals surface area (Å²) in [6.45, 7) is 2.35. The number of nitrogens with two attached hydrogens (primary N) is 1. The number of rotatable bonds is 4. The second kappa shape index (κ2) is 6.17. The molecule has 2 rings (SSSR count). The number of anilines is 1. The summed E-state index contributed by atoms with van der Waals surface area (Å²) >= 11 is 3.25. The van der Waals surface area contributed by atoms with Crippen molar-refractivity contribution < 1.29 is 4.39 Å². The van der Waals surface area contributed by atoms with Crippen molar-refractivity contribution in [2.75, 3.05) is 11.9 Å². The topological polar surface area (TPSA) is 38.0 Å². The Morgan fingerprint density at radius 2 is 1.89 bits per heavy atom. The van der Waals surface area contributed by atoms with Crippen LogP contribution in [0.5, 0.6) is 0 Å². The van der Waals surface area contributed by atoms with Gasteiger partial charge in [-0.2, -0.15) is 0 Å². The van der Waals surface area contributed by atoms with Gasteiger partial charge in [0.15, 0.2) is 0 Å². The molecule has 0 heterocycles. The molecular weight excluding hydrogens is 307 g/mol. The van der Waals surface area contributed by atoms with Crippen LogP contribution >= 0.6 is 15.9 Å². The zero-order chi connectivity index (χ0) is 13.8. The standard InChI is InChI=1S/C15H16BrFN2/c1-10-2-5-12(6-3-10)19-15(9-18)13-7-4-11(16)8-14(13)17/h2-8,15,19H,9,18H2,1H3. The smallest absolute Gasteiger partial charge is 0.129 e. The van der Waals surface area contributed by atoms with Crippen molar-refractivity contribution in [1.29, 1.82) is 0 Å². The van der Waals surface area contributed by atoms with E-state index in [1.54, 1.807) is 6.07 Å². The van der Waals surface area contributed by atoms with Crippen LogP contribution in [0, 0.1) is 12.7 Å². The van der Waals surface area contributed by atoms with Gasteiger partial charge in [-0.15, -0.1) is 0 Å². The van der Waals surface area contributed by atoms with E-state index in [1.807, 2.05) is 37.3 Å². The van der Waals surface area contributed by atoms with Crippen LogP contribution in [-0.2, 0) is 0 Å². The summed E-state index contributed by atoms with van der Waals surface area (Å²) in [4.78, 5) is 0. The van der Waals surface area contributed by atoms with Crippen molar-refractivity contribution in [3.63, 3.8) is 0 Å². The van der Waals surface area contributed by atoms with E-state index in [4.69, 9.17) is 5.73 Å². The van der Waals surface area contributed by atoms with E-state index in [2.05, 4.69) is 21.2 Å². The van der Waals surface area contributed by atoms with E-state index in [1.165, 1.54) is 11.6 Å². The lowest BCUT2D eigenvalue weighted by Crippen LogP contribution is -2.21. The maximum Gasteiger partial charge on any atom is 0.129 e. The first kappa shape index (κ1) is 14.0. The fourth-order valence-electron chi connectivity index (χ4n) is 1.90. The molecule has 100 valence electrons. The summed E-state index contributed by atoms with van der Waals surface area (Å²) in [7, 11) is 0. The van der Waals surface area contributed by atoms with E-state index in [9.17, 15) is 4.39 Å². The number of halogens is 2. The van der Waals surface area contributed by atoms with Gasteiger partial charge in [-0.3, -0.25) is 0 Å².